The second-order valence-electron chi connectivity index (χ2n) is 3.45. The molecule has 3 nitrogen and oxygen atoms in total. The highest BCUT2D eigenvalue weighted by Gasteiger charge is 1.99. The molecule has 0 radical (unpaired) electrons. The van der Waals surface area contributed by atoms with E-state index in [4.69, 9.17) is 4.52 Å². The molecule has 68 valence electrons. The Bertz CT molecular complexity index is 230. The Morgan fingerprint density at radius 1 is 1.58 bits per heavy atom. The van der Waals surface area contributed by atoms with Crippen LogP contribution in [0.4, 0.5) is 0 Å². The number of hydrogen-bond donors (Lipinski definition) is 1. The van der Waals surface area contributed by atoms with Crippen molar-refractivity contribution < 1.29 is 4.52 Å². The Morgan fingerprint density at radius 3 is 2.83 bits per heavy atom. The third-order valence-electron chi connectivity index (χ3n) is 1.54. The van der Waals surface area contributed by atoms with E-state index in [0.717, 1.165) is 24.5 Å². The predicted molar refractivity (Wildman–Crippen MR) is 47.8 cm³/mol. The van der Waals surface area contributed by atoms with E-state index in [-0.39, 0.29) is 0 Å². The summed E-state index contributed by atoms with van der Waals surface area (Å²) in [4.78, 5) is 0. The molecule has 0 saturated heterocycles. The Hall–Kier alpha value is -0.830. The maximum absolute atomic E-state index is 4.93. The lowest BCUT2D eigenvalue weighted by atomic mass is 10.2. The molecule has 0 amide bonds. The van der Waals surface area contributed by atoms with Crippen LogP contribution in [-0.4, -0.2) is 11.7 Å². The SMILES string of the molecule is Cc1cc(CNCC(C)C)no1. The topological polar surface area (TPSA) is 38.1 Å². The van der Waals surface area contributed by atoms with Crippen LogP contribution in [0, 0.1) is 12.8 Å². The minimum Gasteiger partial charge on any atom is -0.361 e. The van der Waals surface area contributed by atoms with Crippen LogP contribution in [0.3, 0.4) is 0 Å². The Balaban J connectivity index is 2.24. The summed E-state index contributed by atoms with van der Waals surface area (Å²) in [5.74, 6) is 1.55. The minimum atomic E-state index is 0.679. The monoisotopic (exact) mass is 168 g/mol. The van der Waals surface area contributed by atoms with Gasteiger partial charge in [-0.1, -0.05) is 19.0 Å². The van der Waals surface area contributed by atoms with E-state index in [1.54, 1.807) is 0 Å². The van der Waals surface area contributed by atoms with Gasteiger partial charge in [0.15, 0.2) is 0 Å². The van der Waals surface area contributed by atoms with Crippen molar-refractivity contribution in [2.75, 3.05) is 6.54 Å². The van der Waals surface area contributed by atoms with Crippen LogP contribution in [0.25, 0.3) is 0 Å². The van der Waals surface area contributed by atoms with E-state index in [1.165, 1.54) is 0 Å². The van der Waals surface area contributed by atoms with Crippen LogP contribution < -0.4 is 5.32 Å². The minimum absolute atomic E-state index is 0.679. The summed E-state index contributed by atoms with van der Waals surface area (Å²) in [7, 11) is 0. The Morgan fingerprint density at radius 2 is 2.33 bits per heavy atom. The van der Waals surface area contributed by atoms with Crippen LogP contribution in [0.1, 0.15) is 25.3 Å². The van der Waals surface area contributed by atoms with Gasteiger partial charge in [0.05, 0.1) is 5.69 Å². The molecule has 0 aliphatic rings. The average Bonchev–Trinajstić information content (AvgIpc) is 2.35. The largest absolute Gasteiger partial charge is 0.361 e. The fraction of sp³-hybridized carbons (Fsp3) is 0.667. The van der Waals surface area contributed by atoms with Crippen LogP contribution in [-0.2, 0) is 6.54 Å². The highest BCUT2D eigenvalue weighted by atomic mass is 16.5. The molecule has 1 heterocycles. The first-order chi connectivity index (χ1) is 5.68. The van der Waals surface area contributed by atoms with Crippen molar-refractivity contribution in [1.82, 2.24) is 10.5 Å². The summed E-state index contributed by atoms with van der Waals surface area (Å²) in [6.45, 7) is 8.09. The normalized spacial score (nSPS) is 11.0. The molecule has 1 aromatic heterocycles. The van der Waals surface area contributed by atoms with Crippen molar-refractivity contribution in [1.29, 1.82) is 0 Å². The third kappa shape index (κ3) is 3.05. The van der Waals surface area contributed by atoms with Gasteiger partial charge in [-0.05, 0) is 19.4 Å². The number of aryl methyl sites for hydroxylation is 1. The van der Waals surface area contributed by atoms with E-state index < -0.39 is 0 Å². The summed E-state index contributed by atoms with van der Waals surface area (Å²) in [6.07, 6.45) is 0. The van der Waals surface area contributed by atoms with E-state index >= 15 is 0 Å². The van der Waals surface area contributed by atoms with Gasteiger partial charge in [0, 0.05) is 12.6 Å². The first kappa shape index (κ1) is 9.26. The highest BCUT2D eigenvalue weighted by Crippen LogP contribution is 2.00. The summed E-state index contributed by atoms with van der Waals surface area (Å²) >= 11 is 0. The zero-order valence-electron chi connectivity index (χ0n) is 7.92. The molecular weight excluding hydrogens is 152 g/mol. The molecule has 1 N–H and O–H groups in total. The fourth-order valence-corrected chi connectivity index (χ4v) is 0.990. The highest BCUT2D eigenvalue weighted by molar-refractivity contribution is 5.02. The van der Waals surface area contributed by atoms with Gasteiger partial charge >= 0.3 is 0 Å². The van der Waals surface area contributed by atoms with Gasteiger partial charge in [-0.3, -0.25) is 0 Å². The molecule has 1 rings (SSSR count). The molecule has 1 aromatic rings. The maximum atomic E-state index is 4.93. The second kappa shape index (κ2) is 4.26. The standard InChI is InChI=1S/C9H16N2O/c1-7(2)5-10-6-9-4-8(3)12-11-9/h4,7,10H,5-6H2,1-3H3. The summed E-state index contributed by atoms with van der Waals surface area (Å²) in [5, 5.41) is 7.17. The molecule has 0 spiro atoms. The van der Waals surface area contributed by atoms with Gasteiger partial charge in [-0.15, -0.1) is 0 Å². The molecule has 3 heteroatoms. The first-order valence-electron chi connectivity index (χ1n) is 4.31. The van der Waals surface area contributed by atoms with Crippen LogP contribution in [0.2, 0.25) is 0 Å². The molecule has 0 fully saturated rings. The quantitative estimate of drug-likeness (QED) is 0.744. The summed E-state index contributed by atoms with van der Waals surface area (Å²) in [5.41, 5.74) is 0.980. The summed E-state index contributed by atoms with van der Waals surface area (Å²) < 4.78 is 4.93. The average molecular weight is 168 g/mol. The van der Waals surface area contributed by atoms with E-state index in [9.17, 15) is 0 Å². The van der Waals surface area contributed by atoms with Gasteiger partial charge in [0.25, 0.3) is 0 Å². The van der Waals surface area contributed by atoms with Gasteiger partial charge in [-0.25, -0.2) is 0 Å². The fourth-order valence-electron chi connectivity index (χ4n) is 0.990. The van der Waals surface area contributed by atoms with Crippen molar-refractivity contribution in [2.45, 2.75) is 27.3 Å². The summed E-state index contributed by atoms with van der Waals surface area (Å²) in [6, 6.07) is 1.95. The molecule has 0 aliphatic heterocycles. The van der Waals surface area contributed by atoms with Crippen LogP contribution >= 0.6 is 0 Å². The van der Waals surface area contributed by atoms with Gasteiger partial charge in [-0.2, -0.15) is 0 Å². The van der Waals surface area contributed by atoms with Gasteiger partial charge in [0.1, 0.15) is 5.76 Å². The molecule has 0 aliphatic carbocycles. The number of aromatic nitrogens is 1. The third-order valence-corrected chi connectivity index (χ3v) is 1.54. The number of nitrogens with one attached hydrogen (secondary N) is 1. The van der Waals surface area contributed by atoms with Gasteiger partial charge < -0.3 is 9.84 Å². The lowest BCUT2D eigenvalue weighted by molar-refractivity contribution is 0.387. The molecule has 12 heavy (non-hydrogen) atoms. The molecule has 0 bridgehead atoms. The van der Waals surface area contributed by atoms with Crippen molar-refractivity contribution in [3.63, 3.8) is 0 Å². The number of hydrogen-bond acceptors (Lipinski definition) is 3. The van der Waals surface area contributed by atoms with Crippen molar-refractivity contribution in [3.8, 4) is 0 Å². The van der Waals surface area contributed by atoms with Crippen LogP contribution in [0.15, 0.2) is 10.6 Å². The zero-order chi connectivity index (χ0) is 8.97. The van der Waals surface area contributed by atoms with Crippen molar-refractivity contribution in [3.05, 3.63) is 17.5 Å². The van der Waals surface area contributed by atoms with E-state index in [2.05, 4.69) is 24.3 Å². The molecule has 0 atom stereocenters. The lowest BCUT2D eigenvalue weighted by Gasteiger charge is -2.03. The van der Waals surface area contributed by atoms with E-state index in [1.807, 2.05) is 13.0 Å². The maximum Gasteiger partial charge on any atom is 0.133 e. The lowest BCUT2D eigenvalue weighted by Crippen LogP contribution is -2.18. The number of rotatable bonds is 4. The Labute approximate surface area is 73.1 Å². The number of nitrogens with zero attached hydrogens (tertiary/aromatic N) is 1. The van der Waals surface area contributed by atoms with E-state index in [0.29, 0.717) is 5.92 Å². The molecule has 0 aromatic carbocycles. The molecule has 0 saturated carbocycles. The van der Waals surface area contributed by atoms with Crippen LogP contribution in [0.5, 0.6) is 0 Å². The molecule has 0 unspecified atom stereocenters. The molecular formula is C9H16N2O. The predicted octanol–water partition coefficient (Wildman–Crippen LogP) is 1.73. The van der Waals surface area contributed by atoms with Gasteiger partial charge in [0.2, 0.25) is 0 Å². The second-order valence-corrected chi connectivity index (χ2v) is 3.45. The first-order valence-corrected chi connectivity index (χ1v) is 4.31. The Kier molecular flexibility index (Phi) is 3.29. The van der Waals surface area contributed by atoms with Crippen molar-refractivity contribution >= 4 is 0 Å². The zero-order valence-corrected chi connectivity index (χ0v) is 7.92. The smallest absolute Gasteiger partial charge is 0.133 e. The van der Waals surface area contributed by atoms with Crippen molar-refractivity contribution in [2.24, 2.45) is 5.92 Å².